The summed E-state index contributed by atoms with van der Waals surface area (Å²) in [6, 6.07) is 11.6. The van der Waals surface area contributed by atoms with Crippen LogP contribution in [0.25, 0.3) is 6.08 Å². The van der Waals surface area contributed by atoms with E-state index in [0.717, 1.165) is 0 Å². The first-order chi connectivity index (χ1) is 13.9. The first-order valence-corrected chi connectivity index (χ1v) is 8.93. The van der Waals surface area contributed by atoms with Crippen LogP contribution in [0.4, 0.5) is 5.69 Å². The third-order valence-corrected chi connectivity index (χ3v) is 4.15. The van der Waals surface area contributed by atoms with Gasteiger partial charge in [0, 0.05) is 11.6 Å². The van der Waals surface area contributed by atoms with Crippen LogP contribution in [-0.2, 0) is 9.53 Å². The lowest BCUT2D eigenvalue weighted by Gasteiger charge is -2.13. The van der Waals surface area contributed by atoms with Crippen molar-refractivity contribution in [2.45, 2.75) is 6.92 Å². The van der Waals surface area contributed by atoms with Gasteiger partial charge in [-0.3, -0.25) is 4.79 Å². The predicted molar refractivity (Wildman–Crippen MR) is 109 cm³/mol. The van der Waals surface area contributed by atoms with Crippen molar-refractivity contribution >= 4 is 35.2 Å². The first-order valence-electron chi connectivity index (χ1n) is 8.55. The van der Waals surface area contributed by atoms with Crippen molar-refractivity contribution in [2.24, 2.45) is 0 Å². The fourth-order valence-corrected chi connectivity index (χ4v) is 2.68. The lowest BCUT2D eigenvalue weighted by atomic mass is 10.1. The van der Waals surface area contributed by atoms with Crippen molar-refractivity contribution in [1.82, 2.24) is 0 Å². The Morgan fingerprint density at radius 3 is 2.48 bits per heavy atom. The molecule has 0 fully saturated rings. The molecule has 1 amide bonds. The summed E-state index contributed by atoms with van der Waals surface area (Å²) in [6.07, 6.45) is 1.41. The highest BCUT2D eigenvalue weighted by Gasteiger charge is 2.19. The maximum atomic E-state index is 12.6. The largest absolute Gasteiger partial charge is 0.496 e. The van der Waals surface area contributed by atoms with Crippen molar-refractivity contribution in [3.05, 3.63) is 58.1 Å². The van der Waals surface area contributed by atoms with Gasteiger partial charge in [0.1, 0.15) is 28.7 Å². The number of hydrogen-bond donors (Lipinski definition) is 1. The lowest BCUT2D eigenvalue weighted by molar-refractivity contribution is -0.112. The number of methoxy groups -OCH3 is 2. The average Bonchev–Trinajstić information content (AvgIpc) is 2.73. The fraction of sp³-hybridized carbons (Fsp3) is 0.190. The average molecular weight is 415 g/mol. The van der Waals surface area contributed by atoms with Gasteiger partial charge < -0.3 is 19.5 Å². The molecule has 0 aromatic heterocycles. The third kappa shape index (κ3) is 5.27. The van der Waals surface area contributed by atoms with Crippen molar-refractivity contribution in [1.29, 1.82) is 5.26 Å². The minimum absolute atomic E-state index is 0.0942. The van der Waals surface area contributed by atoms with Crippen molar-refractivity contribution < 1.29 is 23.8 Å². The molecule has 0 spiro atoms. The molecule has 7 nitrogen and oxygen atoms in total. The summed E-state index contributed by atoms with van der Waals surface area (Å²) in [7, 11) is 2.87. The fourth-order valence-electron chi connectivity index (χ4n) is 2.47. The van der Waals surface area contributed by atoms with Crippen molar-refractivity contribution in [3.8, 4) is 17.6 Å². The monoisotopic (exact) mass is 414 g/mol. The van der Waals surface area contributed by atoms with Gasteiger partial charge in [-0.1, -0.05) is 29.8 Å². The molecule has 1 N–H and O–H groups in total. The summed E-state index contributed by atoms with van der Waals surface area (Å²) in [5.41, 5.74) is 0.729. The van der Waals surface area contributed by atoms with Crippen LogP contribution in [-0.4, -0.2) is 32.7 Å². The second-order valence-corrected chi connectivity index (χ2v) is 6.03. The molecule has 0 heterocycles. The number of esters is 1. The van der Waals surface area contributed by atoms with Crippen LogP contribution in [0.2, 0.25) is 5.02 Å². The van der Waals surface area contributed by atoms with E-state index in [2.05, 4.69) is 5.32 Å². The van der Waals surface area contributed by atoms with Crippen LogP contribution < -0.4 is 14.8 Å². The Morgan fingerprint density at radius 1 is 1.17 bits per heavy atom. The highest BCUT2D eigenvalue weighted by atomic mass is 35.5. The van der Waals surface area contributed by atoms with Gasteiger partial charge in [-0.15, -0.1) is 0 Å². The summed E-state index contributed by atoms with van der Waals surface area (Å²) < 4.78 is 15.4. The van der Waals surface area contributed by atoms with Crippen LogP contribution >= 0.6 is 11.6 Å². The van der Waals surface area contributed by atoms with Crippen LogP contribution in [0, 0.1) is 11.3 Å². The molecule has 0 saturated carbocycles. The Balaban J connectivity index is 2.34. The molecular weight excluding hydrogens is 396 g/mol. The summed E-state index contributed by atoms with van der Waals surface area (Å²) in [6.45, 7) is 1.87. The molecule has 0 saturated heterocycles. The minimum Gasteiger partial charge on any atom is -0.496 e. The Bertz CT molecular complexity index is 995. The molecule has 2 aromatic rings. The van der Waals surface area contributed by atoms with Gasteiger partial charge in [-0.25, -0.2) is 4.79 Å². The molecule has 0 aliphatic rings. The van der Waals surface area contributed by atoms with E-state index < -0.39 is 11.9 Å². The lowest BCUT2D eigenvalue weighted by Crippen LogP contribution is -2.15. The van der Waals surface area contributed by atoms with E-state index in [0.29, 0.717) is 11.3 Å². The van der Waals surface area contributed by atoms with Crippen LogP contribution in [0.15, 0.2) is 42.0 Å². The summed E-state index contributed by atoms with van der Waals surface area (Å²) >= 11 is 6.20. The van der Waals surface area contributed by atoms with Crippen molar-refractivity contribution in [3.63, 3.8) is 0 Å². The third-order valence-electron chi connectivity index (χ3n) is 3.84. The molecule has 29 heavy (non-hydrogen) atoms. The van der Waals surface area contributed by atoms with E-state index in [1.54, 1.807) is 31.2 Å². The zero-order valence-corrected chi connectivity index (χ0v) is 16.9. The summed E-state index contributed by atoms with van der Waals surface area (Å²) in [4.78, 5) is 24.6. The number of halogens is 1. The smallest absolute Gasteiger partial charge is 0.341 e. The Kier molecular flexibility index (Phi) is 7.63. The molecule has 2 rings (SSSR count). The second kappa shape index (κ2) is 10.2. The topological polar surface area (TPSA) is 97.7 Å². The molecule has 0 aliphatic carbocycles. The van der Waals surface area contributed by atoms with Crippen LogP contribution in [0.3, 0.4) is 0 Å². The molecule has 0 atom stereocenters. The number of anilines is 1. The van der Waals surface area contributed by atoms with E-state index in [1.807, 2.05) is 6.07 Å². The Labute approximate surface area is 173 Å². The number of nitriles is 1. The Morgan fingerprint density at radius 2 is 1.86 bits per heavy atom. The molecule has 2 aromatic carbocycles. The van der Waals surface area contributed by atoms with E-state index >= 15 is 0 Å². The minimum atomic E-state index is -0.675. The van der Waals surface area contributed by atoms with E-state index in [9.17, 15) is 14.9 Å². The zero-order valence-electron chi connectivity index (χ0n) is 16.1. The maximum Gasteiger partial charge on any atom is 0.341 e. The first kappa shape index (κ1) is 21.8. The van der Waals surface area contributed by atoms with Gasteiger partial charge >= 0.3 is 5.97 Å². The van der Waals surface area contributed by atoms with E-state index in [-0.39, 0.29) is 34.2 Å². The quantitative estimate of drug-likeness (QED) is 0.416. The summed E-state index contributed by atoms with van der Waals surface area (Å²) in [5.74, 6) is -0.578. The number of amides is 1. The molecular formula is C21H19ClN2O5. The number of benzene rings is 2. The molecule has 150 valence electrons. The van der Waals surface area contributed by atoms with E-state index in [1.165, 1.54) is 32.4 Å². The number of nitrogens with zero attached hydrogens (tertiary/aromatic N) is 1. The van der Waals surface area contributed by atoms with Crippen LogP contribution in [0.1, 0.15) is 22.8 Å². The number of hydrogen-bond acceptors (Lipinski definition) is 6. The highest BCUT2D eigenvalue weighted by molar-refractivity contribution is 6.34. The maximum absolute atomic E-state index is 12.6. The second-order valence-electron chi connectivity index (χ2n) is 5.62. The summed E-state index contributed by atoms with van der Waals surface area (Å²) in [5, 5.41) is 12.1. The molecule has 0 radical (unpaired) electrons. The SMILES string of the molecule is CCOC(=O)c1cc(Cl)c(NC(=O)/C(C#N)=C/c2ccccc2OC)cc1OC. The molecule has 0 aliphatic heterocycles. The molecule has 8 heteroatoms. The number of ether oxygens (including phenoxy) is 3. The van der Waals surface area contributed by atoms with Gasteiger partial charge in [0.25, 0.3) is 5.91 Å². The van der Waals surface area contributed by atoms with Crippen LogP contribution in [0.5, 0.6) is 11.5 Å². The van der Waals surface area contributed by atoms with Gasteiger partial charge in [0.15, 0.2) is 0 Å². The number of carbonyl (C=O) groups is 2. The van der Waals surface area contributed by atoms with Gasteiger partial charge in [-0.05, 0) is 25.1 Å². The van der Waals surface area contributed by atoms with Gasteiger partial charge in [0.2, 0.25) is 0 Å². The number of para-hydroxylation sites is 1. The molecule has 0 bridgehead atoms. The highest BCUT2D eigenvalue weighted by Crippen LogP contribution is 2.32. The van der Waals surface area contributed by atoms with Gasteiger partial charge in [0.05, 0.1) is 31.5 Å². The predicted octanol–water partition coefficient (Wildman–Crippen LogP) is 4.08. The van der Waals surface area contributed by atoms with Gasteiger partial charge in [-0.2, -0.15) is 5.26 Å². The number of nitrogens with one attached hydrogen (secondary N) is 1. The van der Waals surface area contributed by atoms with Crippen molar-refractivity contribution in [2.75, 3.05) is 26.1 Å². The number of carbonyl (C=O) groups excluding carboxylic acids is 2. The normalized spacial score (nSPS) is 10.7. The zero-order chi connectivity index (χ0) is 21.4. The molecule has 0 unspecified atom stereocenters. The standard InChI is InChI=1S/C21H19ClN2O5/c1-4-29-21(26)15-10-16(22)17(11-19(15)28-3)24-20(25)14(12-23)9-13-7-5-6-8-18(13)27-2/h5-11H,4H2,1-3H3,(H,24,25)/b14-9+. The Hall–Kier alpha value is -3.50. The number of rotatable bonds is 7. The van der Waals surface area contributed by atoms with E-state index in [4.69, 9.17) is 25.8 Å².